The Morgan fingerprint density at radius 2 is 1.93 bits per heavy atom. The van der Waals surface area contributed by atoms with Crippen molar-refractivity contribution in [3.63, 3.8) is 0 Å². The first-order valence-corrected chi connectivity index (χ1v) is 9.82. The number of amides is 1. The average molecular weight is 428 g/mol. The molecule has 0 spiro atoms. The molecule has 5 nitrogen and oxygen atoms in total. The van der Waals surface area contributed by atoms with Gasteiger partial charge in [-0.2, -0.15) is 0 Å². The molecule has 0 fully saturated rings. The van der Waals surface area contributed by atoms with E-state index in [0.717, 1.165) is 11.3 Å². The predicted octanol–water partition coefficient (Wildman–Crippen LogP) is 5.00. The SMILES string of the molecule is Cc1cc(Nc2c(C(N)=O)sc3c2ccc(=O)n3-c2ccccc2Cl)ccc1F. The molecule has 4 aromatic rings. The lowest BCUT2D eigenvalue weighted by Gasteiger charge is -2.10. The molecule has 29 heavy (non-hydrogen) atoms. The maximum atomic E-state index is 13.6. The molecule has 0 saturated carbocycles. The van der Waals surface area contributed by atoms with Gasteiger partial charge in [-0.3, -0.25) is 14.2 Å². The number of carbonyl (C=O) groups is 1. The van der Waals surface area contributed by atoms with Gasteiger partial charge in [0.15, 0.2) is 0 Å². The average Bonchev–Trinajstić information content (AvgIpc) is 3.04. The number of anilines is 2. The minimum Gasteiger partial charge on any atom is -0.365 e. The zero-order valence-electron chi connectivity index (χ0n) is 15.2. The Morgan fingerprint density at radius 3 is 2.62 bits per heavy atom. The molecular formula is C21H15ClFN3O2S. The molecule has 3 N–H and O–H groups in total. The van der Waals surface area contributed by atoms with Crippen LogP contribution >= 0.6 is 22.9 Å². The molecule has 8 heteroatoms. The number of fused-ring (bicyclic) bond motifs is 1. The number of halogens is 2. The summed E-state index contributed by atoms with van der Waals surface area (Å²) in [5.41, 5.74) is 7.34. The molecule has 0 saturated heterocycles. The zero-order valence-corrected chi connectivity index (χ0v) is 16.8. The number of nitrogens with one attached hydrogen (secondary N) is 1. The van der Waals surface area contributed by atoms with E-state index >= 15 is 0 Å². The van der Waals surface area contributed by atoms with Crippen LogP contribution in [-0.4, -0.2) is 10.5 Å². The van der Waals surface area contributed by atoms with Crippen molar-refractivity contribution in [2.24, 2.45) is 5.73 Å². The molecule has 0 aliphatic rings. The van der Waals surface area contributed by atoms with Gasteiger partial charge in [0.1, 0.15) is 15.5 Å². The predicted molar refractivity (Wildman–Crippen MR) is 115 cm³/mol. The van der Waals surface area contributed by atoms with Crippen molar-refractivity contribution in [3.05, 3.63) is 86.2 Å². The van der Waals surface area contributed by atoms with E-state index in [1.807, 2.05) is 0 Å². The minimum absolute atomic E-state index is 0.258. The van der Waals surface area contributed by atoms with E-state index < -0.39 is 5.91 Å². The van der Waals surface area contributed by atoms with E-state index in [0.29, 0.717) is 37.9 Å². The van der Waals surface area contributed by atoms with Gasteiger partial charge < -0.3 is 11.1 Å². The maximum absolute atomic E-state index is 13.6. The number of rotatable bonds is 4. The number of hydrogen-bond donors (Lipinski definition) is 2. The first kappa shape index (κ1) is 19.2. The summed E-state index contributed by atoms with van der Waals surface area (Å²) in [6.45, 7) is 1.65. The van der Waals surface area contributed by atoms with Gasteiger partial charge in [-0.05, 0) is 48.9 Å². The van der Waals surface area contributed by atoms with Crippen molar-refractivity contribution < 1.29 is 9.18 Å². The fourth-order valence-corrected chi connectivity index (χ4v) is 4.44. The Kier molecular flexibility index (Phi) is 4.86. The molecule has 2 aromatic heterocycles. The lowest BCUT2D eigenvalue weighted by molar-refractivity contribution is 0.100. The highest BCUT2D eigenvalue weighted by atomic mass is 35.5. The summed E-state index contributed by atoms with van der Waals surface area (Å²) >= 11 is 7.40. The smallest absolute Gasteiger partial charge is 0.261 e. The highest BCUT2D eigenvalue weighted by Gasteiger charge is 2.21. The van der Waals surface area contributed by atoms with E-state index in [9.17, 15) is 14.0 Å². The van der Waals surface area contributed by atoms with E-state index in [2.05, 4.69) is 5.32 Å². The number of primary amides is 1. The lowest BCUT2D eigenvalue weighted by Crippen LogP contribution is -2.16. The van der Waals surface area contributed by atoms with Crippen LogP contribution in [0.5, 0.6) is 0 Å². The third kappa shape index (κ3) is 3.39. The van der Waals surface area contributed by atoms with Gasteiger partial charge in [-0.25, -0.2) is 4.39 Å². The van der Waals surface area contributed by atoms with E-state index in [1.165, 1.54) is 16.7 Å². The van der Waals surface area contributed by atoms with Crippen molar-refractivity contribution in [3.8, 4) is 5.69 Å². The maximum Gasteiger partial charge on any atom is 0.261 e. The summed E-state index contributed by atoms with van der Waals surface area (Å²) in [6.07, 6.45) is 0. The van der Waals surface area contributed by atoms with E-state index in [-0.39, 0.29) is 16.3 Å². The molecule has 146 valence electrons. The minimum atomic E-state index is -0.634. The number of carbonyl (C=O) groups excluding carboxylic acids is 1. The molecule has 4 rings (SSSR count). The summed E-state index contributed by atoms with van der Waals surface area (Å²) in [5, 5.41) is 4.18. The van der Waals surface area contributed by atoms with Crippen LogP contribution in [0.15, 0.2) is 59.4 Å². The zero-order chi connectivity index (χ0) is 20.7. The molecule has 0 bridgehead atoms. The van der Waals surface area contributed by atoms with Crippen molar-refractivity contribution in [2.75, 3.05) is 5.32 Å². The van der Waals surface area contributed by atoms with Crippen LogP contribution in [0.4, 0.5) is 15.8 Å². The van der Waals surface area contributed by atoms with E-state index in [4.69, 9.17) is 17.3 Å². The topological polar surface area (TPSA) is 77.1 Å². The van der Waals surface area contributed by atoms with Crippen LogP contribution < -0.4 is 16.6 Å². The molecular weight excluding hydrogens is 413 g/mol. The summed E-state index contributed by atoms with van der Waals surface area (Å²) in [4.78, 5) is 25.6. The van der Waals surface area contributed by atoms with Crippen LogP contribution in [0.2, 0.25) is 5.02 Å². The van der Waals surface area contributed by atoms with Gasteiger partial charge in [0.25, 0.3) is 11.5 Å². The monoisotopic (exact) mass is 427 g/mol. The number of aryl methyl sites for hydroxylation is 1. The summed E-state index contributed by atoms with van der Waals surface area (Å²) in [7, 11) is 0. The van der Waals surface area contributed by atoms with Gasteiger partial charge in [0.2, 0.25) is 0 Å². The Balaban J connectivity index is 1.98. The van der Waals surface area contributed by atoms with Gasteiger partial charge in [0.05, 0.1) is 16.4 Å². The largest absolute Gasteiger partial charge is 0.365 e. The second-order valence-corrected chi connectivity index (χ2v) is 7.84. The van der Waals surface area contributed by atoms with Crippen LogP contribution in [0.3, 0.4) is 0 Å². The molecule has 0 aliphatic heterocycles. The van der Waals surface area contributed by atoms with Crippen LogP contribution in [0.25, 0.3) is 15.9 Å². The van der Waals surface area contributed by atoms with E-state index in [1.54, 1.807) is 49.4 Å². The van der Waals surface area contributed by atoms with Gasteiger partial charge in [0, 0.05) is 17.1 Å². The normalized spacial score (nSPS) is 11.0. The molecule has 0 radical (unpaired) electrons. The standard InChI is InChI=1S/C21H15ClFN3O2S/c1-11-10-12(6-8-15(11)23)25-18-13-7-9-17(27)26(16-5-3-2-4-14(16)22)21(13)29-19(18)20(24)28/h2-10,25H,1H3,(H2,24,28). The molecule has 1 amide bonds. The third-order valence-corrected chi connectivity index (χ3v) is 6.01. The second-order valence-electron chi connectivity index (χ2n) is 6.44. The van der Waals surface area contributed by atoms with Crippen molar-refractivity contribution in [1.82, 2.24) is 4.57 Å². The first-order valence-electron chi connectivity index (χ1n) is 8.63. The summed E-state index contributed by atoms with van der Waals surface area (Å²) < 4.78 is 15.1. The number of pyridine rings is 1. The Morgan fingerprint density at radius 1 is 1.17 bits per heavy atom. The summed E-state index contributed by atoms with van der Waals surface area (Å²) in [5.74, 6) is -0.959. The first-order chi connectivity index (χ1) is 13.9. The number of hydrogen-bond acceptors (Lipinski definition) is 4. The number of nitrogens with zero attached hydrogens (tertiary/aromatic N) is 1. The highest BCUT2D eigenvalue weighted by molar-refractivity contribution is 7.21. The van der Waals surface area contributed by atoms with Crippen molar-refractivity contribution in [2.45, 2.75) is 6.92 Å². The number of thiophene rings is 1. The van der Waals surface area contributed by atoms with Gasteiger partial charge in [-0.1, -0.05) is 23.7 Å². The molecule has 2 heterocycles. The molecule has 0 atom stereocenters. The molecule has 2 aromatic carbocycles. The second kappa shape index (κ2) is 7.35. The highest BCUT2D eigenvalue weighted by Crippen LogP contribution is 2.38. The summed E-state index contributed by atoms with van der Waals surface area (Å²) in [6, 6.07) is 14.5. The van der Waals surface area contributed by atoms with Crippen LogP contribution in [0.1, 0.15) is 15.2 Å². The number of para-hydroxylation sites is 1. The van der Waals surface area contributed by atoms with Gasteiger partial charge in [-0.15, -0.1) is 11.3 Å². The fourth-order valence-electron chi connectivity index (χ4n) is 3.11. The number of nitrogens with two attached hydrogens (primary N) is 1. The van der Waals surface area contributed by atoms with Crippen molar-refractivity contribution in [1.29, 1.82) is 0 Å². The number of benzene rings is 2. The Bertz CT molecular complexity index is 1330. The lowest BCUT2D eigenvalue weighted by atomic mass is 10.2. The van der Waals surface area contributed by atoms with Crippen LogP contribution in [-0.2, 0) is 0 Å². The fraction of sp³-hybridized carbons (Fsp3) is 0.0476. The Hall–Kier alpha value is -3.16. The van der Waals surface area contributed by atoms with Gasteiger partial charge >= 0.3 is 0 Å². The van der Waals surface area contributed by atoms with Crippen molar-refractivity contribution >= 4 is 50.4 Å². The quantitative estimate of drug-likeness (QED) is 0.481. The third-order valence-electron chi connectivity index (χ3n) is 4.49. The van der Waals surface area contributed by atoms with Crippen LogP contribution in [0, 0.1) is 12.7 Å². The molecule has 0 unspecified atom stereocenters. The number of aromatic nitrogens is 1. The Labute approximate surface area is 174 Å². The molecule has 0 aliphatic carbocycles.